The fourth-order valence-corrected chi connectivity index (χ4v) is 2.62. The second-order valence-electron chi connectivity index (χ2n) is 4.54. The van der Waals surface area contributed by atoms with Crippen LogP contribution < -0.4 is 10.1 Å². The zero-order valence-corrected chi connectivity index (χ0v) is 12.5. The fourth-order valence-electron chi connectivity index (χ4n) is 2.13. The first kappa shape index (κ1) is 14.3. The molecule has 1 N–H and O–H groups in total. The Morgan fingerprint density at radius 1 is 1.58 bits per heavy atom. The van der Waals surface area contributed by atoms with E-state index in [1.807, 2.05) is 24.3 Å². The summed E-state index contributed by atoms with van der Waals surface area (Å²) in [5, 5.41) is 3.76. The van der Waals surface area contributed by atoms with Crippen LogP contribution in [0.4, 0.5) is 0 Å². The van der Waals surface area contributed by atoms with Crippen molar-refractivity contribution >= 4 is 21.8 Å². The number of hydrogen-bond donors (Lipinski definition) is 1. The summed E-state index contributed by atoms with van der Waals surface area (Å²) in [5.74, 6) is 0.626. The Morgan fingerprint density at radius 2 is 2.37 bits per heavy atom. The summed E-state index contributed by atoms with van der Waals surface area (Å²) in [4.78, 5) is 12.3. The van der Waals surface area contributed by atoms with Gasteiger partial charge < -0.3 is 14.8 Å². The molecule has 4 nitrogen and oxygen atoms in total. The van der Waals surface area contributed by atoms with Crippen LogP contribution in [-0.2, 0) is 9.53 Å². The second kappa shape index (κ2) is 6.91. The summed E-state index contributed by atoms with van der Waals surface area (Å²) in [6, 6.07) is 7.78. The summed E-state index contributed by atoms with van der Waals surface area (Å²) in [6.45, 7) is 1.05. The molecule has 0 aliphatic carbocycles. The molecule has 1 aromatic rings. The van der Waals surface area contributed by atoms with E-state index in [-0.39, 0.29) is 17.9 Å². The van der Waals surface area contributed by atoms with Crippen LogP contribution in [0, 0.1) is 0 Å². The number of carbonyl (C=O) groups is 1. The molecule has 19 heavy (non-hydrogen) atoms. The summed E-state index contributed by atoms with van der Waals surface area (Å²) in [6.07, 6.45) is 0.794. The van der Waals surface area contributed by atoms with Crippen LogP contribution in [0.1, 0.15) is 17.9 Å². The highest BCUT2D eigenvalue weighted by molar-refractivity contribution is 9.09. The van der Waals surface area contributed by atoms with Crippen LogP contribution in [0.25, 0.3) is 0 Å². The molecule has 0 fully saturated rings. The maximum Gasteiger partial charge on any atom is 0.231 e. The first-order chi connectivity index (χ1) is 9.26. The van der Waals surface area contributed by atoms with Crippen molar-refractivity contribution in [2.24, 2.45) is 0 Å². The third kappa shape index (κ3) is 3.48. The maximum absolute atomic E-state index is 12.3. The predicted octanol–water partition coefficient (Wildman–Crippen LogP) is 2.08. The molecular formula is C14H18BrNO3. The molecule has 5 heteroatoms. The quantitative estimate of drug-likeness (QED) is 0.814. The molecule has 1 aliphatic heterocycles. The number of alkyl halides is 1. The molecule has 2 rings (SSSR count). The van der Waals surface area contributed by atoms with Crippen molar-refractivity contribution in [3.05, 3.63) is 29.8 Å². The van der Waals surface area contributed by atoms with Gasteiger partial charge in [-0.25, -0.2) is 0 Å². The number of rotatable bonds is 6. The normalized spacial score (nSPS) is 18.5. The average Bonchev–Trinajstić information content (AvgIpc) is 2.87. The Balaban J connectivity index is 1.97. The van der Waals surface area contributed by atoms with E-state index in [9.17, 15) is 4.79 Å². The lowest BCUT2D eigenvalue weighted by molar-refractivity contribution is -0.123. The van der Waals surface area contributed by atoms with E-state index >= 15 is 0 Å². The molecular weight excluding hydrogens is 310 g/mol. The van der Waals surface area contributed by atoms with Crippen molar-refractivity contribution in [3.63, 3.8) is 0 Å². The van der Waals surface area contributed by atoms with Crippen LogP contribution in [0.3, 0.4) is 0 Å². The van der Waals surface area contributed by atoms with Gasteiger partial charge in [0.2, 0.25) is 5.91 Å². The number of fused-ring (bicyclic) bond motifs is 1. The molecule has 0 saturated carbocycles. The molecule has 1 aliphatic rings. The minimum Gasteiger partial charge on any atom is -0.492 e. The van der Waals surface area contributed by atoms with Crippen LogP contribution in [0.5, 0.6) is 5.75 Å². The zero-order valence-electron chi connectivity index (χ0n) is 10.9. The van der Waals surface area contributed by atoms with E-state index in [0.29, 0.717) is 13.2 Å². The lowest BCUT2D eigenvalue weighted by Crippen LogP contribution is -2.40. The van der Waals surface area contributed by atoms with Crippen molar-refractivity contribution in [3.8, 4) is 5.75 Å². The van der Waals surface area contributed by atoms with E-state index in [1.54, 1.807) is 7.11 Å². The molecule has 0 bridgehead atoms. The Hall–Kier alpha value is -1.07. The van der Waals surface area contributed by atoms with E-state index < -0.39 is 0 Å². The third-order valence-corrected chi connectivity index (χ3v) is 4.00. The third-order valence-electron chi connectivity index (χ3n) is 3.22. The number of amides is 1. The van der Waals surface area contributed by atoms with E-state index in [4.69, 9.17) is 9.47 Å². The van der Waals surface area contributed by atoms with Gasteiger partial charge in [0.1, 0.15) is 18.3 Å². The van der Waals surface area contributed by atoms with Crippen LogP contribution in [-0.4, -0.2) is 37.6 Å². The summed E-state index contributed by atoms with van der Waals surface area (Å²) < 4.78 is 10.6. The maximum atomic E-state index is 12.3. The van der Waals surface area contributed by atoms with Gasteiger partial charge in [-0.1, -0.05) is 34.1 Å². The summed E-state index contributed by atoms with van der Waals surface area (Å²) >= 11 is 3.41. The number of halogens is 1. The number of para-hydroxylation sites is 1. The smallest absolute Gasteiger partial charge is 0.231 e. The Kier molecular flexibility index (Phi) is 5.22. The van der Waals surface area contributed by atoms with Gasteiger partial charge in [-0.05, 0) is 12.5 Å². The highest BCUT2D eigenvalue weighted by Crippen LogP contribution is 2.33. The first-order valence-electron chi connectivity index (χ1n) is 6.33. The van der Waals surface area contributed by atoms with Gasteiger partial charge in [-0.3, -0.25) is 4.79 Å². The summed E-state index contributed by atoms with van der Waals surface area (Å²) in [5.41, 5.74) is 0.972. The standard InChI is InChI=1S/C14H18BrNO3/c1-18-7-6-10(8-15)16-14(17)12-9-19-13-5-3-2-4-11(12)13/h2-5,10,12H,6-9H2,1H3,(H,16,17). The van der Waals surface area contributed by atoms with Crippen molar-refractivity contribution in [1.82, 2.24) is 5.32 Å². The first-order valence-corrected chi connectivity index (χ1v) is 7.45. The van der Waals surface area contributed by atoms with Crippen LogP contribution >= 0.6 is 15.9 Å². The molecule has 1 amide bonds. The number of benzene rings is 1. The predicted molar refractivity (Wildman–Crippen MR) is 76.9 cm³/mol. The van der Waals surface area contributed by atoms with E-state index in [2.05, 4.69) is 21.2 Å². The lowest BCUT2D eigenvalue weighted by Gasteiger charge is -2.18. The van der Waals surface area contributed by atoms with Crippen molar-refractivity contribution < 1.29 is 14.3 Å². The molecule has 2 unspecified atom stereocenters. The molecule has 0 radical (unpaired) electrons. The van der Waals surface area contributed by atoms with Crippen molar-refractivity contribution in [2.75, 3.05) is 25.7 Å². The molecule has 2 atom stereocenters. The van der Waals surface area contributed by atoms with Crippen LogP contribution in [0.15, 0.2) is 24.3 Å². The molecule has 1 heterocycles. The summed E-state index contributed by atoms with van der Waals surface area (Å²) in [7, 11) is 1.66. The molecule has 1 aromatic carbocycles. The lowest BCUT2D eigenvalue weighted by atomic mass is 10.00. The topological polar surface area (TPSA) is 47.6 Å². The van der Waals surface area contributed by atoms with Gasteiger partial charge in [-0.2, -0.15) is 0 Å². The zero-order chi connectivity index (χ0) is 13.7. The van der Waals surface area contributed by atoms with E-state index in [1.165, 1.54) is 0 Å². The molecule has 0 spiro atoms. The average molecular weight is 328 g/mol. The minimum atomic E-state index is -0.208. The second-order valence-corrected chi connectivity index (χ2v) is 5.19. The minimum absolute atomic E-state index is 0.0190. The van der Waals surface area contributed by atoms with Crippen LogP contribution in [0.2, 0.25) is 0 Å². The number of hydrogen-bond acceptors (Lipinski definition) is 3. The Morgan fingerprint density at radius 3 is 3.11 bits per heavy atom. The molecule has 0 saturated heterocycles. The Bertz CT molecular complexity index is 438. The molecule has 0 aromatic heterocycles. The van der Waals surface area contributed by atoms with Gasteiger partial charge >= 0.3 is 0 Å². The molecule has 104 valence electrons. The number of nitrogens with one attached hydrogen (secondary N) is 1. The highest BCUT2D eigenvalue weighted by atomic mass is 79.9. The van der Waals surface area contributed by atoms with Gasteiger partial charge in [0.05, 0.1) is 0 Å². The number of ether oxygens (including phenoxy) is 2. The largest absolute Gasteiger partial charge is 0.492 e. The fraction of sp³-hybridized carbons (Fsp3) is 0.500. The van der Waals surface area contributed by atoms with Gasteiger partial charge in [-0.15, -0.1) is 0 Å². The van der Waals surface area contributed by atoms with Crippen molar-refractivity contribution in [1.29, 1.82) is 0 Å². The number of methoxy groups -OCH3 is 1. The van der Waals surface area contributed by atoms with Gasteiger partial charge in [0.15, 0.2) is 0 Å². The van der Waals surface area contributed by atoms with Crippen molar-refractivity contribution in [2.45, 2.75) is 18.4 Å². The van der Waals surface area contributed by atoms with E-state index in [0.717, 1.165) is 23.1 Å². The van der Waals surface area contributed by atoms with Gasteiger partial charge in [0.25, 0.3) is 0 Å². The Labute approximate surface area is 121 Å². The van der Waals surface area contributed by atoms with Gasteiger partial charge in [0, 0.05) is 30.7 Å². The number of carbonyl (C=O) groups excluding carboxylic acids is 1. The monoisotopic (exact) mass is 327 g/mol. The SMILES string of the molecule is COCCC(CBr)NC(=O)C1COc2ccccc21. The highest BCUT2D eigenvalue weighted by Gasteiger charge is 2.30.